The van der Waals surface area contributed by atoms with Crippen molar-refractivity contribution in [2.45, 2.75) is 37.2 Å². The summed E-state index contributed by atoms with van der Waals surface area (Å²) < 4.78 is 12.5. The molecule has 1 amide bonds. The van der Waals surface area contributed by atoms with E-state index >= 15 is 0 Å². The van der Waals surface area contributed by atoms with Crippen molar-refractivity contribution in [3.05, 3.63) is 24.3 Å². The molecule has 3 rings (SSSR count). The van der Waals surface area contributed by atoms with Crippen LogP contribution in [0.5, 0.6) is 0 Å². The Morgan fingerprint density at radius 2 is 1.96 bits per heavy atom. The van der Waals surface area contributed by atoms with Crippen molar-refractivity contribution < 1.29 is 9.00 Å². The molecule has 2 unspecified atom stereocenters. The molecule has 0 aliphatic carbocycles. The zero-order valence-corrected chi connectivity index (χ0v) is 15.3. The topological polar surface area (TPSA) is 66.6 Å². The molecule has 1 aromatic carbocycles. The van der Waals surface area contributed by atoms with E-state index in [-0.39, 0.29) is 11.8 Å². The number of carbonyl (C=O) groups excluding carboxylic acids is 1. The third-order valence-corrected chi connectivity index (χ3v) is 7.09. The summed E-state index contributed by atoms with van der Waals surface area (Å²) in [6.07, 6.45) is 1.04. The number of fused-ring (bicyclic) bond motifs is 2. The molecule has 0 aromatic heterocycles. The lowest BCUT2D eigenvalue weighted by atomic mass is 10.1. The van der Waals surface area contributed by atoms with Crippen molar-refractivity contribution in [1.82, 2.24) is 4.90 Å². The Morgan fingerprint density at radius 3 is 2.46 bits per heavy atom. The number of piperazine rings is 1. The van der Waals surface area contributed by atoms with E-state index < -0.39 is 9.52 Å². The van der Waals surface area contributed by atoms with Gasteiger partial charge in [0.15, 0.2) is 0 Å². The first-order chi connectivity index (χ1) is 11.3. The Balaban J connectivity index is 1.71. The average molecular weight is 350 g/mol. The van der Waals surface area contributed by atoms with Crippen LogP contribution in [0.1, 0.15) is 20.3 Å². The molecule has 0 radical (unpaired) electrons. The zero-order valence-electron chi connectivity index (χ0n) is 14.5. The van der Waals surface area contributed by atoms with Crippen LogP contribution < -0.4 is 10.6 Å². The summed E-state index contributed by atoms with van der Waals surface area (Å²) in [7, 11) is -2.29. The van der Waals surface area contributed by atoms with Gasteiger partial charge in [-0.15, -0.1) is 0 Å². The van der Waals surface area contributed by atoms with Crippen LogP contribution in [0.4, 0.5) is 5.69 Å². The van der Waals surface area contributed by atoms with E-state index in [0.717, 1.165) is 30.1 Å². The zero-order chi connectivity index (χ0) is 17.5. The fraction of sp³-hybridized carbons (Fsp3) is 0.556. The molecule has 6 heteroatoms. The van der Waals surface area contributed by atoms with Gasteiger partial charge in [0.1, 0.15) is 0 Å². The van der Waals surface area contributed by atoms with Gasteiger partial charge in [-0.05, 0) is 46.1 Å². The molecule has 2 aliphatic heterocycles. The first-order valence-corrected chi connectivity index (χ1v) is 10.5. The number of carbonyl (C=O) groups is 1. The molecule has 3 atom stereocenters. The van der Waals surface area contributed by atoms with E-state index in [9.17, 15) is 9.00 Å². The standard InChI is InChI=1S/C18H27N3O2S/c1-13(2)18(22)21-12-15-10-16(21)11-20(15)14-4-6-17(7-5-14)24(3,23)9-8-19/h4-7,13,15-16H,3,8-12,19H2,1-2H3/t15-,16?,24?/m0/s1. The lowest BCUT2D eigenvalue weighted by Gasteiger charge is -2.36. The van der Waals surface area contributed by atoms with Gasteiger partial charge in [0.25, 0.3) is 0 Å². The van der Waals surface area contributed by atoms with Crippen molar-refractivity contribution in [1.29, 1.82) is 0 Å². The predicted molar refractivity (Wildman–Crippen MR) is 100.0 cm³/mol. The molecule has 2 bridgehead atoms. The van der Waals surface area contributed by atoms with Crippen LogP contribution in [-0.4, -0.2) is 58.4 Å². The molecule has 2 aliphatic rings. The quantitative estimate of drug-likeness (QED) is 0.810. The molecule has 2 heterocycles. The molecule has 0 saturated carbocycles. The van der Waals surface area contributed by atoms with Crippen LogP contribution >= 0.6 is 0 Å². The average Bonchev–Trinajstić information content (AvgIpc) is 3.14. The first kappa shape index (κ1) is 17.3. The van der Waals surface area contributed by atoms with E-state index in [0.29, 0.717) is 24.4 Å². The van der Waals surface area contributed by atoms with E-state index in [2.05, 4.69) is 10.8 Å². The molecule has 5 nitrogen and oxygen atoms in total. The number of nitrogens with zero attached hydrogens (tertiary/aromatic N) is 2. The maximum atomic E-state index is 12.5. The third-order valence-electron chi connectivity index (χ3n) is 5.06. The SMILES string of the molecule is C=S(=O)(CCN)c1ccc(N2CC3C[C@H]2CN3C(=O)C(C)C)cc1. The number of benzene rings is 1. The summed E-state index contributed by atoms with van der Waals surface area (Å²) in [5.74, 6) is 4.56. The fourth-order valence-corrected chi connectivity index (χ4v) is 5.03. The van der Waals surface area contributed by atoms with Gasteiger partial charge in [-0.2, -0.15) is 0 Å². The highest BCUT2D eigenvalue weighted by Gasteiger charge is 2.45. The lowest BCUT2D eigenvalue weighted by Crippen LogP contribution is -2.50. The Kier molecular flexibility index (Phi) is 4.62. The number of hydrogen-bond donors (Lipinski definition) is 1. The van der Waals surface area contributed by atoms with E-state index in [1.807, 2.05) is 43.0 Å². The van der Waals surface area contributed by atoms with Crippen molar-refractivity contribution in [2.75, 3.05) is 30.3 Å². The highest BCUT2D eigenvalue weighted by Crippen LogP contribution is 2.35. The highest BCUT2D eigenvalue weighted by molar-refractivity contribution is 8.00. The Morgan fingerprint density at radius 1 is 1.29 bits per heavy atom. The molecule has 1 aromatic rings. The highest BCUT2D eigenvalue weighted by atomic mass is 32.2. The minimum absolute atomic E-state index is 0.0600. The number of rotatable bonds is 5. The molecule has 0 spiro atoms. The van der Waals surface area contributed by atoms with Gasteiger partial charge in [-0.3, -0.25) is 9.00 Å². The van der Waals surface area contributed by atoms with Crippen molar-refractivity contribution >= 4 is 27.0 Å². The van der Waals surface area contributed by atoms with E-state index in [4.69, 9.17) is 5.73 Å². The van der Waals surface area contributed by atoms with Crippen molar-refractivity contribution in [3.63, 3.8) is 0 Å². The van der Waals surface area contributed by atoms with Crippen LogP contribution in [0.3, 0.4) is 0 Å². The smallest absolute Gasteiger partial charge is 0.225 e. The van der Waals surface area contributed by atoms with Crippen LogP contribution in [0.15, 0.2) is 29.2 Å². The summed E-state index contributed by atoms with van der Waals surface area (Å²) in [6, 6.07) is 8.56. The van der Waals surface area contributed by atoms with E-state index in [1.165, 1.54) is 0 Å². The fourth-order valence-electron chi connectivity index (χ4n) is 3.78. The molecule has 2 saturated heterocycles. The van der Waals surface area contributed by atoms with Crippen LogP contribution in [0.25, 0.3) is 0 Å². The number of likely N-dealkylation sites (tertiary alicyclic amines) is 1. The van der Waals surface area contributed by atoms with Gasteiger partial charge in [0.05, 0.1) is 6.04 Å². The second-order valence-electron chi connectivity index (χ2n) is 7.14. The molecule has 2 fully saturated rings. The van der Waals surface area contributed by atoms with Crippen LogP contribution in [-0.2, 0) is 14.3 Å². The summed E-state index contributed by atoms with van der Waals surface area (Å²) in [5, 5.41) is 0. The van der Waals surface area contributed by atoms with Gasteiger partial charge in [0, 0.05) is 47.9 Å². The number of anilines is 1. The summed E-state index contributed by atoms with van der Waals surface area (Å²) in [6.45, 7) is 5.98. The minimum atomic E-state index is -2.29. The van der Waals surface area contributed by atoms with Gasteiger partial charge >= 0.3 is 0 Å². The maximum Gasteiger partial charge on any atom is 0.225 e. The van der Waals surface area contributed by atoms with Gasteiger partial charge in [-0.1, -0.05) is 13.8 Å². The monoisotopic (exact) mass is 349 g/mol. The van der Waals surface area contributed by atoms with E-state index in [1.54, 1.807) is 0 Å². The van der Waals surface area contributed by atoms with Crippen LogP contribution in [0, 0.1) is 5.92 Å². The largest absolute Gasteiger partial charge is 0.365 e. The second-order valence-corrected chi connectivity index (χ2v) is 9.64. The summed E-state index contributed by atoms with van der Waals surface area (Å²) in [4.78, 5) is 17.4. The van der Waals surface area contributed by atoms with Gasteiger partial charge < -0.3 is 15.5 Å². The summed E-state index contributed by atoms with van der Waals surface area (Å²) in [5.41, 5.74) is 6.65. The normalized spacial score (nSPS) is 25.3. The Bertz CT molecular complexity index is 712. The van der Waals surface area contributed by atoms with Crippen molar-refractivity contribution in [2.24, 2.45) is 11.7 Å². The number of nitrogens with two attached hydrogens (primary N) is 1. The number of hydrogen-bond acceptors (Lipinski definition) is 4. The molecule has 132 valence electrons. The molecular weight excluding hydrogens is 322 g/mol. The van der Waals surface area contributed by atoms with Gasteiger partial charge in [0.2, 0.25) is 5.91 Å². The lowest BCUT2D eigenvalue weighted by molar-refractivity contribution is -0.135. The molecule has 24 heavy (non-hydrogen) atoms. The maximum absolute atomic E-state index is 12.5. The second kappa shape index (κ2) is 6.41. The summed E-state index contributed by atoms with van der Waals surface area (Å²) >= 11 is 0. The number of amides is 1. The predicted octanol–water partition coefficient (Wildman–Crippen LogP) is 1.17. The molecule has 2 N–H and O–H groups in total. The third kappa shape index (κ3) is 3.05. The van der Waals surface area contributed by atoms with Crippen molar-refractivity contribution in [3.8, 4) is 0 Å². The first-order valence-electron chi connectivity index (χ1n) is 8.55. The van der Waals surface area contributed by atoms with Crippen LogP contribution in [0.2, 0.25) is 0 Å². The minimum Gasteiger partial charge on any atom is -0.365 e. The molecular formula is C18H27N3O2S. The Hall–Kier alpha value is -1.53. The van der Waals surface area contributed by atoms with Gasteiger partial charge in [-0.25, -0.2) is 0 Å². The Labute approximate surface area is 144 Å².